The van der Waals surface area contributed by atoms with E-state index in [1.165, 1.54) is 30.3 Å². The first kappa shape index (κ1) is 22.5. The zero-order valence-electron chi connectivity index (χ0n) is 17.4. The summed E-state index contributed by atoms with van der Waals surface area (Å²) in [5.41, 5.74) is 0.437. The van der Waals surface area contributed by atoms with E-state index in [1.54, 1.807) is 6.92 Å². The maximum atomic E-state index is 14.5. The molecule has 0 atom stereocenters. The summed E-state index contributed by atoms with van der Waals surface area (Å²) in [5.74, 6) is -0.148. The Bertz CT molecular complexity index is 1400. The fourth-order valence-electron chi connectivity index (χ4n) is 3.58. The minimum atomic E-state index is -1.01. The van der Waals surface area contributed by atoms with Crippen molar-refractivity contribution < 1.29 is 26.3 Å². The molecule has 0 heterocycles. The van der Waals surface area contributed by atoms with Crippen molar-refractivity contribution in [3.8, 4) is 11.8 Å². The molecule has 0 spiro atoms. The van der Waals surface area contributed by atoms with Crippen LogP contribution in [0.2, 0.25) is 0 Å². The molecule has 33 heavy (non-hydrogen) atoms. The summed E-state index contributed by atoms with van der Waals surface area (Å²) in [5, 5.41) is 0.857. The van der Waals surface area contributed by atoms with Gasteiger partial charge in [-0.25, -0.2) is 26.3 Å². The molecule has 0 nitrogen and oxygen atoms in total. The van der Waals surface area contributed by atoms with Crippen LogP contribution in [0.3, 0.4) is 0 Å². The molecule has 0 saturated carbocycles. The van der Waals surface area contributed by atoms with E-state index in [0.29, 0.717) is 21.9 Å². The van der Waals surface area contributed by atoms with Crippen molar-refractivity contribution in [1.82, 2.24) is 0 Å². The third-order valence-electron chi connectivity index (χ3n) is 5.26. The van der Waals surface area contributed by atoms with Crippen LogP contribution in [0.25, 0.3) is 10.8 Å². The summed E-state index contributed by atoms with van der Waals surface area (Å²) in [7, 11) is 0. The molecule has 0 amide bonds. The van der Waals surface area contributed by atoms with Crippen LogP contribution in [-0.2, 0) is 12.8 Å². The Hall–Kier alpha value is -3.72. The van der Waals surface area contributed by atoms with Gasteiger partial charge in [-0.05, 0) is 90.2 Å². The van der Waals surface area contributed by atoms with Gasteiger partial charge in [-0.1, -0.05) is 17.9 Å². The van der Waals surface area contributed by atoms with Gasteiger partial charge in [0.05, 0.1) is 5.56 Å². The minimum absolute atomic E-state index is 0.0330. The highest BCUT2D eigenvalue weighted by Crippen LogP contribution is 2.22. The summed E-state index contributed by atoms with van der Waals surface area (Å²) in [4.78, 5) is 0. The summed E-state index contributed by atoms with van der Waals surface area (Å²) in [6.45, 7) is 1.57. The van der Waals surface area contributed by atoms with Crippen molar-refractivity contribution in [2.24, 2.45) is 0 Å². The van der Waals surface area contributed by atoms with Gasteiger partial charge < -0.3 is 0 Å². The molecule has 0 unspecified atom stereocenters. The van der Waals surface area contributed by atoms with Gasteiger partial charge in [0.15, 0.2) is 11.6 Å². The average molecular weight is 454 g/mol. The molecule has 0 aliphatic heterocycles. The maximum absolute atomic E-state index is 14.5. The molecular formula is C27H16F6. The van der Waals surface area contributed by atoms with E-state index in [9.17, 15) is 26.3 Å². The van der Waals surface area contributed by atoms with E-state index in [0.717, 1.165) is 24.3 Å². The predicted molar refractivity (Wildman–Crippen MR) is 115 cm³/mol. The molecule has 0 saturated heterocycles. The van der Waals surface area contributed by atoms with Crippen molar-refractivity contribution in [1.29, 1.82) is 0 Å². The molecule has 0 aliphatic rings. The molecule has 0 bridgehead atoms. The Morgan fingerprint density at radius 1 is 0.576 bits per heavy atom. The normalized spacial score (nSPS) is 10.9. The molecule has 4 rings (SSSR count). The van der Waals surface area contributed by atoms with Crippen molar-refractivity contribution in [3.63, 3.8) is 0 Å². The summed E-state index contributed by atoms with van der Waals surface area (Å²) in [6.07, 6.45) is -0.0264. The minimum Gasteiger partial charge on any atom is -0.207 e. The standard InChI is InChI=1S/C27H16F6/c1-15-8-22(28)20(23(29)9-15)7-4-17-11-24(30)21(25(31)12-17)6-3-16-2-5-18-13-26(32)27(33)14-19(18)10-16/h2,5,8-14H,4,7H2,1H3. The Kier molecular flexibility index (Phi) is 6.15. The van der Waals surface area contributed by atoms with E-state index in [-0.39, 0.29) is 24.0 Å². The molecule has 0 aromatic heterocycles. The van der Waals surface area contributed by atoms with Crippen LogP contribution < -0.4 is 0 Å². The number of benzene rings is 4. The molecule has 6 heteroatoms. The Balaban J connectivity index is 1.57. The quantitative estimate of drug-likeness (QED) is 0.227. The SMILES string of the molecule is Cc1cc(F)c(CCc2cc(F)c(C#Cc3ccc4cc(F)c(F)cc4c3)c(F)c2)c(F)c1. The van der Waals surface area contributed by atoms with Crippen LogP contribution in [0.1, 0.15) is 27.8 Å². The topological polar surface area (TPSA) is 0 Å². The van der Waals surface area contributed by atoms with Crippen molar-refractivity contribution in [2.75, 3.05) is 0 Å². The highest BCUT2D eigenvalue weighted by atomic mass is 19.2. The number of fused-ring (bicyclic) bond motifs is 1. The molecule has 166 valence electrons. The number of aryl methyl sites for hydroxylation is 2. The average Bonchev–Trinajstić information content (AvgIpc) is 2.73. The van der Waals surface area contributed by atoms with E-state index in [2.05, 4.69) is 11.8 Å². The van der Waals surface area contributed by atoms with Crippen molar-refractivity contribution in [2.45, 2.75) is 19.8 Å². The van der Waals surface area contributed by atoms with Gasteiger partial charge in [-0.15, -0.1) is 0 Å². The van der Waals surface area contributed by atoms with Gasteiger partial charge in [0.2, 0.25) is 0 Å². The van der Waals surface area contributed by atoms with Gasteiger partial charge in [-0.3, -0.25) is 0 Å². The Labute approximate surface area is 186 Å². The second-order valence-corrected chi connectivity index (χ2v) is 7.72. The van der Waals surface area contributed by atoms with Crippen LogP contribution in [0.15, 0.2) is 54.6 Å². The largest absolute Gasteiger partial charge is 0.207 e. The number of rotatable bonds is 3. The van der Waals surface area contributed by atoms with Gasteiger partial charge in [0.1, 0.15) is 23.3 Å². The van der Waals surface area contributed by atoms with Crippen LogP contribution in [-0.4, -0.2) is 0 Å². The molecular weight excluding hydrogens is 438 g/mol. The van der Waals surface area contributed by atoms with Crippen molar-refractivity contribution in [3.05, 3.63) is 117 Å². The fourth-order valence-corrected chi connectivity index (χ4v) is 3.58. The van der Waals surface area contributed by atoms with E-state index in [4.69, 9.17) is 0 Å². The smallest absolute Gasteiger partial charge is 0.159 e. The number of hydrogen-bond donors (Lipinski definition) is 0. The third-order valence-corrected chi connectivity index (χ3v) is 5.26. The van der Waals surface area contributed by atoms with Crippen LogP contribution in [0, 0.1) is 53.7 Å². The van der Waals surface area contributed by atoms with Crippen molar-refractivity contribution >= 4 is 10.8 Å². The lowest BCUT2D eigenvalue weighted by Crippen LogP contribution is -2.01. The van der Waals surface area contributed by atoms with E-state index in [1.807, 2.05) is 0 Å². The predicted octanol–water partition coefficient (Wildman–Crippen LogP) is 7.17. The third kappa shape index (κ3) is 4.88. The Morgan fingerprint density at radius 2 is 1.18 bits per heavy atom. The second-order valence-electron chi connectivity index (χ2n) is 7.72. The highest BCUT2D eigenvalue weighted by molar-refractivity contribution is 5.84. The highest BCUT2D eigenvalue weighted by Gasteiger charge is 2.13. The van der Waals surface area contributed by atoms with E-state index < -0.39 is 40.5 Å². The van der Waals surface area contributed by atoms with Crippen LogP contribution in [0.5, 0.6) is 0 Å². The molecule has 0 N–H and O–H groups in total. The zero-order chi connectivity index (χ0) is 23.7. The first-order chi connectivity index (χ1) is 15.7. The van der Waals surface area contributed by atoms with Crippen LogP contribution >= 0.6 is 0 Å². The fraction of sp³-hybridized carbons (Fsp3) is 0.111. The Morgan fingerprint density at radius 3 is 1.82 bits per heavy atom. The zero-order valence-corrected chi connectivity index (χ0v) is 17.4. The van der Waals surface area contributed by atoms with Gasteiger partial charge in [0.25, 0.3) is 0 Å². The van der Waals surface area contributed by atoms with Gasteiger partial charge in [-0.2, -0.15) is 0 Å². The summed E-state index contributed by atoms with van der Waals surface area (Å²) >= 11 is 0. The lowest BCUT2D eigenvalue weighted by atomic mass is 10.0. The second kappa shape index (κ2) is 9.03. The molecule has 0 aliphatic carbocycles. The monoisotopic (exact) mass is 454 g/mol. The summed E-state index contributed by atoms with van der Waals surface area (Å²) in [6, 6.07) is 11.2. The lowest BCUT2D eigenvalue weighted by Gasteiger charge is -2.08. The van der Waals surface area contributed by atoms with Gasteiger partial charge in [0, 0.05) is 11.1 Å². The lowest BCUT2D eigenvalue weighted by molar-refractivity contribution is 0.511. The first-order valence-corrected chi connectivity index (χ1v) is 10.0. The number of halogens is 6. The maximum Gasteiger partial charge on any atom is 0.159 e. The molecule has 0 fully saturated rings. The number of hydrogen-bond acceptors (Lipinski definition) is 0. The molecule has 4 aromatic rings. The summed E-state index contributed by atoms with van der Waals surface area (Å²) < 4.78 is 83.8. The molecule has 4 aromatic carbocycles. The van der Waals surface area contributed by atoms with Crippen LogP contribution in [0.4, 0.5) is 26.3 Å². The molecule has 0 radical (unpaired) electrons. The first-order valence-electron chi connectivity index (χ1n) is 10.0. The van der Waals surface area contributed by atoms with Gasteiger partial charge >= 0.3 is 0 Å². The van der Waals surface area contributed by atoms with E-state index >= 15 is 0 Å².